The Morgan fingerprint density at radius 1 is 1.21 bits per heavy atom. The molecule has 0 saturated carbocycles. The Balaban J connectivity index is 2.07. The molecule has 3 heteroatoms. The summed E-state index contributed by atoms with van der Waals surface area (Å²) in [6.07, 6.45) is -0.458. The predicted molar refractivity (Wildman–Crippen MR) is 77.6 cm³/mol. The zero-order valence-corrected chi connectivity index (χ0v) is 11.8. The van der Waals surface area contributed by atoms with Gasteiger partial charge in [-0.15, -0.1) is 0 Å². The summed E-state index contributed by atoms with van der Waals surface area (Å²) in [5, 5.41) is 10.2. The maximum absolute atomic E-state index is 9.52. The van der Waals surface area contributed by atoms with Crippen molar-refractivity contribution in [2.24, 2.45) is 0 Å². The first-order valence-corrected chi connectivity index (χ1v) is 6.60. The van der Waals surface area contributed by atoms with Gasteiger partial charge in [0.2, 0.25) is 0 Å². The molecular formula is C16H17ClO2. The molecule has 0 saturated heterocycles. The quantitative estimate of drug-likeness (QED) is 0.903. The summed E-state index contributed by atoms with van der Waals surface area (Å²) in [5.74, 6) is 0.823. The average molecular weight is 277 g/mol. The van der Waals surface area contributed by atoms with E-state index < -0.39 is 6.10 Å². The molecule has 0 unspecified atom stereocenters. The van der Waals surface area contributed by atoms with Crippen molar-refractivity contribution in [3.63, 3.8) is 0 Å². The van der Waals surface area contributed by atoms with Crippen LogP contribution in [-0.4, -0.2) is 5.11 Å². The van der Waals surface area contributed by atoms with Gasteiger partial charge in [-0.25, -0.2) is 0 Å². The Labute approximate surface area is 118 Å². The predicted octanol–water partition coefficient (Wildman–Crippen LogP) is 4.28. The van der Waals surface area contributed by atoms with Gasteiger partial charge in [0.1, 0.15) is 12.4 Å². The third-order valence-corrected chi connectivity index (χ3v) is 3.20. The van der Waals surface area contributed by atoms with E-state index in [9.17, 15) is 5.11 Å². The van der Waals surface area contributed by atoms with Crippen molar-refractivity contribution in [1.82, 2.24) is 0 Å². The molecule has 0 aliphatic carbocycles. The van der Waals surface area contributed by atoms with Crippen LogP contribution in [0.2, 0.25) is 5.02 Å². The molecule has 0 radical (unpaired) electrons. The van der Waals surface area contributed by atoms with E-state index in [1.165, 1.54) is 0 Å². The second-order valence-electron chi connectivity index (χ2n) is 4.62. The summed E-state index contributed by atoms with van der Waals surface area (Å²) >= 11 is 5.93. The third kappa shape index (κ3) is 3.72. The smallest absolute Gasteiger partial charge is 0.122 e. The van der Waals surface area contributed by atoms with Crippen molar-refractivity contribution in [3.8, 4) is 5.75 Å². The first kappa shape index (κ1) is 13.9. The summed E-state index contributed by atoms with van der Waals surface area (Å²) in [5.41, 5.74) is 2.94. The molecule has 0 fully saturated rings. The molecule has 0 spiro atoms. The number of aliphatic hydroxyl groups excluding tert-OH is 1. The molecule has 0 aliphatic rings. The van der Waals surface area contributed by atoms with Crippen LogP contribution in [0, 0.1) is 6.92 Å². The van der Waals surface area contributed by atoms with Crippen LogP contribution in [0.1, 0.15) is 29.7 Å². The molecule has 100 valence electrons. The molecule has 2 nitrogen and oxygen atoms in total. The molecule has 19 heavy (non-hydrogen) atoms. The normalized spacial score (nSPS) is 12.2. The van der Waals surface area contributed by atoms with E-state index >= 15 is 0 Å². The monoisotopic (exact) mass is 276 g/mol. The van der Waals surface area contributed by atoms with E-state index in [1.807, 2.05) is 49.4 Å². The highest BCUT2D eigenvalue weighted by molar-refractivity contribution is 6.30. The lowest BCUT2D eigenvalue weighted by molar-refractivity contribution is 0.199. The van der Waals surface area contributed by atoms with E-state index in [4.69, 9.17) is 16.3 Å². The van der Waals surface area contributed by atoms with Crippen molar-refractivity contribution < 1.29 is 9.84 Å². The Morgan fingerprint density at radius 2 is 2.00 bits per heavy atom. The van der Waals surface area contributed by atoms with Gasteiger partial charge in [0.05, 0.1) is 6.10 Å². The lowest BCUT2D eigenvalue weighted by Crippen LogP contribution is -1.98. The maximum atomic E-state index is 9.52. The Hall–Kier alpha value is -1.51. The van der Waals surface area contributed by atoms with Crippen LogP contribution in [0.4, 0.5) is 0 Å². The number of hydrogen-bond acceptors (Lipinski definition) is 2. The SMILES string of the molecule is Cc1cc([C@@H](C)O)ccc1OCc1cccc(Cl)c1. The summed E-state index contributed by atoms with van der Waals surface area (Å²) in [4.78, 5) is 0. The zero-order valence-electron chi connectivity index (χ0n) is 11.1. The van der Waals surface area contributed by atoms with Gasteiger partial charge in [-0.1, -0.05) is 29.8 Å². The lowest BCUT2D eigenvalue weighted by atomic mass is 10.1. The molecular weight excluding hydrogens is 260 g/mol. The second kappa shape index (κ2) is 6.09. The fourth-order valence-corrected chi connectivity index (χ4v) is 2.10. The standard InChI is InChI=1S/C16H17ClO2/c1-11-8-14(12(2)18)6-7-16(11)19-10-13-4-3-5-15(17)9-13/h3-9,12,18H,10H2,1-2H3/t12-/m1/s1. The Bertz CT molecular complexity index is 564. The first-order chi connectivity index (χ1) is 9.06. The van der Waals surface area contributed by atoms with Crippen molar-refractivity contribution in [1.29, 1.82) is 0 Å². The summed E-state index contributed by atoms with van der Waals surface area (Å²) in [6, 6.07) is 13.3. The average Bonchev–Trinajstić information content (AvgIpc) is 2.37. The van der Waals surface area contributed by atoms with Gasteiger partial charge < -0.3 is 9.84 Å². The van der Waals surface area contributed by atoms with Gasteiger partial charge in [-0.05, 0) is 54.8 Å². The molecule has 0 bridgehead atoms. The molecule has 0 aromatic heterocycles. The highest BCUT2D eigenvalue weighted by Crippen LogP contribution is 2.23. The molecule has 2 aromatic carbocycles. The Kier molecular flexibility index (Phi) is 4.46. The summed E-state index contributed by atoms with van der Waals surface area (Å²) in [6.45, 7) is 4.20. The van der Waals surface area contributed by atoms with Crippen molar-refractivity contribution in [2.75, 3.05) is 0 Å². The van der Waals surface area contributed by atoms with Crippen LogP contribution in [0.25, 0.3) is 0 Å². The number of ether oxygens (including phenoxy) is 1. The number of benzene rings is 2. The fourth-order valence-electron chi connectivity index (χ4n) is 1.88. The van der Waals surface area contributed by atoms with E-state index in [0.717, 1.165) is 22.4 Å². The summed E-state index contributed by atoms with van der Waals surface area (Å²) < 4.78 is 5.77. The van der Waals surface area contributed by atoms with Crippen molar-refractivity contribution in [2.45, 2.75) is 26.6 Å². The van der Waals surface area contributed by atoms with Gasteiger partial charge in [-0.3, -0.25) is 0 Å². The minimum atomic E-state index is -0.458. The number of rotatable bonds is 4. The van der Waals surface area contributed by atoms with Crippen molar-refractivity contribution >= 4 is 11.6 Å². The van der Waals surface area contributed by atoms with E-state index in [0.29, 0.717) is 11.6 Å². The minimum Gasteiger partial charge on any atom is -0.489 e. The number of halogens is 1. The van der Waals surface area contributed by atoms with E-state index in [-0.39, 0.29) is 0 Å². The van der Waals surface area contributed by atoms with E-state index in [2.05, 4.69) is 0 Å². The summed E-state index contributed by atoms with van der Waals surface area (Å²) in [7, 11) is 0. The maximum Gasteiger partial charge on any atom is 0.122 e. The van der Waals surface area contributed by atoms with Crippen LogP contribution in [-0.2, 0) is 6.61 Å². The number of aliphatic hydroxyl groups is 1. The van der Waals surface area contributed by atoms with Gasteiger partial charge in [0, 0.05) is 5.02 Å². The van der Waals surface area contributed by atoms with Crippen LogP contribution < -0.4 is 4.74 Å². The molecule has 1 N–H and O–H groups in total. The van der Waals surface area contributed by atoms with Gasteiger partial charge in [0.25, 0.3) is 0 Å². The van der Waals surface area contributed by atoms with E-state index in [1.54, 1.807) is 6.92 Å². The minimum absolute atomic E-state index is 0.458. The topological polar surface area (TPSA) is 29.5 Å². The molecule has 2 rings (SSSR count). The molecule has 1 atom stereocenters. The fraction of sp³-hybridized carbons (Fsp3) is 0.250. The zero-order chi connectivity index (χ0) is 13.8. The van der Waals surface area contributed by atoms with Crippen LogP contribution >= 0.6 is 11.6 Å². The lowest BCUT2D eigenvalue weighted by Gasteiger charge is -2.12. The largest absolute Gasteiger partial charge is 0.489 e. The second-order valence-corrected chi connectivity index (χ2v) is 5.06. The molecule has 0 heterocycles. The van der Waals surface area contributed by atoms with Gasteiger partial charge in [-0.2, -0.15) is 0 Å². The molecule has 0 aliphatic heterocycles. The Morgan fingerprint density at radius 3 is 2.63 bits per heavy atom. The highest BCUT2D eigenvalue weighted by Gasteiger charge is 2.05. The van der Waals surface area contributed by atoms with Crippen LogP contribution in [0.3, 0.4) is 0 Å². The van der Waals surface area contributed by atoms with Crippen LogP contribution in [0.5, 0.6) is 5.75 Å². The van der Waals surface area contributed by atoms with Crippen LogP contribution in [0.15, 0.2) is 42.5 Å². The van der Waals surface area contributed by atoms with Gasteiger partial charge >= 0.3 is 0 Å². The third-order valence-electron chi connectivity index (χ3n) is 2.96. The number of aryl methyl sites for hydroxylation is 1. The number of hydrogen-bond donors (Lipinski definition) is 1. The molecule has 2 aromatic rings. The van der Waals surface area contributed by atoms with Crippen molar-refractivity contribution in [3.05, 3.63) is 64.2 Å². The highest BCUT2D eigenvalue weighted by atomic mass is 35.5. The first-order valence-electron chi connectivity index (χ1n) is 6.22. The molecule has 0 amide bonds. The van der Waals surface area contributed by atoms with Gasteiger partial charge in [0.15, 0.2) is 0 Å².